The first kappa shape index (κ1) is 107. The number of ether oxygens (including phenoxy) is 19. The van der Waals surface area contributed by atoms with Crippen LogP contribution in [0.2, 0.25) is 0 Å². The Bertz CT molecular complexity index is 3780. The van der Waals surface area contributed by atoms with Crippen LogP contribution in [0.3, 0.4) is 0 Å². The smallest absolute Gasteiger partial charge is 0.496 e. The number of carbonyl (C=O) groups excluding carboxylic acids is 1. The van der Waals surface area contributed by atoms with Gasteiger partial charge in [-0.2, -0.15) is 0 Å². The molecule has 30 nitrogen and oxygen atoms in total. The summed E-state index contributed by atoms with van der Waals surface area (Å²) in [6.45, 7) is 39.0. The van der Waals surface area contributed by atoms with Crippen molar-refractivity contribution in [2.24, 2.45) is 59.2 Å². The van der Waals surface area contributed by atoms with Gasteiger partial charge in [-0.1, -0.05) is 147 Å². The molecule has 0 saturated carbocycles. The molecule has 9 fully saturated rings. The molecule has 36 heteroatoms. The number of aliphatic hydroxyl groups excluding tert-OH is 4. The van der Waals surface area contributed by atoms with Gasteiger partial charge in [-0.15, -0.1) is 0 Å². The molecule has 2 aromatic carbocycles. The number of rotatable bonds is 28. The van der Waals surface area contributed by atoms with E-state index < -0.39 is 210 Å². The van der Waals surface area contributed by atoms with E-state index in [4.69, 9.17) is 90.0 Å². The van der Waals surface area contributed by atoms with Gasteiger partial charge in [0.2, 0.25) is 20.0 Å². The molecule has 10 heterocycles. The summed E-state index contributed by atoms with van der Waals surface area (Å²) in [7, 11) is -9.30. The Morgan fingerprint density at radius 2 is 0.725 bits per heavy atom. The fourth-order valence-electron chi connectivity index (χ4n) is 18.5. The van der Waals surface area contributed by atoms with Crippen molar-refractivity contribution in [1.29, 1.82) is 0 Å². The molecule has 0 amide bonds. The average molecular weight is 2590 g/mol. The number of hydrogen-bond donors (Lipinski definition) is 6. The minimum Gasteiger partial charge on any atom is -0.496 e. The van der Waals surface area contributed by atoms with Gasteiger partial charge in [-0.25, -0.2) is 31.1 Å². The molecule has 10 aliphatic rings. The van der Waals surface area contributed by atoms with Crippen LogP contribution in [0.25, 0.3) is 0 Å². The molecular weight excluding hydrogens is 2460 g/mol. The predicted octanol–water partition coefficient (Wildman–Crippen LogP) is 9.09. The van der Waals surface area contributed by atoms with Crippen LogP contribution in [-0.2, 0) is 110 Å². The summed E-state index contributed by atoms with van der Waals surface area (Å²) in [5.41, 5.74) is 0. The molecule has 10 aliphatic heterocycles. The summed E-state index contributed by atoms with van der Waals surface area (Å²) in [5, 5.41) is 51.3. The molecule has 28 unspecified atom stereocenters. The Kier molecular flexibility index (Phi) is 41.4. The second-order valence-electron chi connectivity index (χ2n) is 34.6. The number of carbonyl (C=O) groups is 1. The molecule has 9 saturated heterocycles. The van der Waals surface area contributed by atoms with Crippen LogP contribution in [0.5, 0.6) is 0 Å². The van der Waals surface area contributed by atoms with Crippen molar-refractivity contribution in [3.8, 4) is 0 Å². The van der Waals surface area contributed by atoms with Gasteiger partial charge >= 0.3 is 6.16 Å². The van der Waals surface area contributed by atoms with Crippen molar-refractivity contribution in [3.63, 3.8) is 0 Å². The van der Waals surface area contributed by atoms with Gasteiger partial charge < -0.3 is 110 Å². The largest absolute Gasteiger partial charge is 0.509 e. The molecule has 43 atom stereocenters. The van der Waals surface area contributed by atoms with Crippen LogP contribution in [0.4, 0.5) is 4.79 Å². The number of sulfonamides is 2. The summed E-state index contributed by atoms with van der Waals surface area (Å²) in [5.74, 6) is -2.70. The fourth-order valence-corrected chi connectivity index (χ4v) is 21.0. The van der Waals surface area contributed by atoms with E-state index in [0.29, 0.717) is 12.8 Å². The first-order valence-electron chi connectivity index (χ1n) is 42.6. The summed E-state index contributed by atoms with van der Waals surface area (Å²) >= 11 is 0. The zero-order chi connectivity index (χ0) is 84.1. The van der Waals surface area contributed by atoms with Crippen LogP contribution in [-0.4, -0.2) is 246 Å². The van der Waals surface area contributed by atoms with Crippen LogP contribution in [0.1, 0.15) is 177 Å². The van der Waals surface area contributed by atoms with E-state index >= 15 is 16.8 Å². The maximum absolute atomic E-state index is 15.5. The van der Waals surface area contributed by atoms with Gasteiger partial charge in [0, 0.05) is 200 Å². The minimum atomic E-state index is -4.67. The van der Waals surface area contributed by atoms with Crippen LogP contribution in [0.15, 0.2) is 82.8 Å². The number of nitrogens with one attached hydrogen (secondary N) is 2. The number of benzene rings is 2. The molecule has 120 heavy (non-hydrogen) atoms. The summed E-state index contributed by atoms with van der Waals surface area (Å²) in [6.07, 6.45) is -32.9. The summed E-state index contributed by atoms with van der Waals surface area (Å²) in [4.78, 5) is 13.2. The maximum atomic E-state index is 15.5. The zero-order valence-electron chi connectivity index (χ0n) is 73.1. The molecule has 2 aromatic rings. The van der Waals surface area contributed by atoms with Gasteiger partial charge in [0.15, 0.2) is 68.1 Å². The molecule has 670 valence electrons. The van der Waals surface area contributed by atoms with Crippen molar-refractivity contribution in [3.05, 3.63) is 73.0 Å². The molecule has 0 bridgehead atoms. The van der Waals surface area contributed by atoms with Gasteiger partial charge in [0.25, 0.3) is 0 Å². The molecule has 0 aromatic heterocycles. The van der Waals surface area contributed by atoms with Crippen molar-refractivity contribution >= 4 is 26.2 Å². The Morgan fingerprint density at radius 3 is 1.13 bits per heavy atom. The van der Waals surface area contributed by atoms with E-state index in [0.717, 1.165) is 0 Å². The van der Waals surface area contributed by atoms with Crippen LogP contribution in [0, 0.1) is 235 Å². The second kappa shape index (κ2) is 46.3. The Labute approximate surface area is 853 Å². The Balaban J connectivity index is 0.00000448. The van der Waals surface area contributed by atoms with Crippen molar-refractivity contribution in [2.75, 3.05) is 0 Å². The fraction of sp³-hybridized carbons (Fsp3) is 0.821. The average Bonchev–Trinajstić information content (AvgIpc) is 1.50. The van der Waals surface area contributed by atoms with Gasteiger partial charge in [0.1, 0.15) is 91.4 Å². The third-order valence-electron chi connectivity index (χ3n) is 27.5. The second-order valence-corrected chi connectivity index (χ2v) is 38.0. The van der Waals surface area contributed by atoms with Gasteiger partial charge in [-0.3, -0.25) is 0 Å². The summed E-state index contributed by atoms with van der Waals surface area (Å²) in [6, 6.07) is 11.9. The molecule has 12 rings (SSSR count). The maximum Gasteiger partial charge on any atom is 0.509 e. The molecule has 0 spiro atoms. The van der Waals surface area contributed by atoms with Crippen molar-refractivity contribution < 1.29 is 308 Å². The monoisotopic (exact) mass is 2590 g/mol. The molecule has 0 aliphatic carbocycles. The molecule has 6 N–H and O–H groups in total. The number of aliphatic hydroxyl groups is 4. The van der Waals surface area contributed by atoms with Crippen LogP contribution >= 0.6 is 0 Å². The van der Waals surface area contributed by atoms with E-state index in [1.54, 1.807) is 70.4 Å². The minimum absolute atomic E-state index is 0. The Morgan fingerprint density at radius 1 is 0.375 bits per heavy atom. The third-order valence-corrected chi connectivity index (χ3v) is 30.4. The Hall–Kier alpha value is 2.04. The SMILES string of the molecule is CCC1O[C@@H](O[C@@H]2C(C)C=COC2CC)C(O)C(O[C@@H]2OC(CC)[C@H](O[C@@H]3OC(CC)[C@H](O)C(O[C@@H]4OC(CC)[C@H](O[C@]5(C)OC(CC)[C@@H]6OC(=O)OC6C5O[C@@H]5O[C@H](C)C(C)C(C)C5C)C(OC5OC(C)[C@@H](C)C(C)C5C)C4NS(=O)(=O)c4ccccc4)C3O)C(OC3OC(C)[C@@H](C)C(C)C3C)C2NS(=O)(=O)c2ccccc2)[C@H]1O.[Ac].[Ac].[Ac].[Ac]. The first-order valence-corrected chi connectivity index (χ1v) is 45.6. The van der Waals surface area contributed by atoms with Gasteiger partial charge in [0.05, 0.1) is 58.8 Å². The normalized spacial score (nSPS) is 46.0. The van der Waals surface area contributed by atoms with E-state index in [1.165, 1.54) is 24.3 Å². The zero-order valence-corrected chi connectivity index (χ0v) is 93.7. The quantitative estimate of drug-likeness (QED) is 0.0432. The third kappa shape index (κ3) is 23.3. The number of fused-ring (bicyclic) bond motifs is 1. The van der Waals surface area contributed by atoms with Crippen molar-refractivity contribution in [2.45, 2.75) is 389 Å². The molecular formula is C84H132Ac4N2O28S2. The van der Waals surface area contributed by atoms with Gasteiger partial charge in [-0.05, 0) is 132 Å². The van der Waals surface area contributed by atoms with Crippen LogP contribution < -0.4 is 9.44 Å². The first-order chi connectivity index (χ1) is 55.0. The van der Waals surface area contributed by atoms with E-state index in [9.17, 15) is 25.2 Å². The predicted molar refractivity (Wildman–Crippen MR) is 418 cm³/mol. The topological polar surface area (TPSA) is 366 Å². The number of hydrogen-bond acceptors (Lipinski definition) is 28. The standard InChI is InChI=1S/C84H132N2O28S2.4Ac/c1-21-54-62(87)72(64(89)81(100-54)104-66-39(7)37-38-96-56(66)23-3)108-79-60(85-115(92,93)52-33-29-27-30-34-52)70(106-76-46(14)40(8)43(11)49(17)97-76)67(57(24-4)102-79)105-82-65(90)73(63(88)55(22-2)101-82)109-80-61(86-116(94,95)53-35-31-28-32-36-53)71(107-77-47(15)41(9)44(12)50(18)98-77)69(58(25-5)103-80)114-84(20)75(74-68(59(26-6)113-84)110-83(91)111-74)112-78-48(16)42(10)45(13)51(19)99-78;;;;/h27-51,54-82,85-90H,21-26H2,1-20H3;;;;/t39?,40?,41?,42?,43-,44-,45?,46?,47?,48?,49?,50?,51+,54?,55?,56?,57?,58?,59?,60?,61?,62-,63-,64?,65?,66+,67-,68-,69-,70?,71?,72?,73?,74?,75?,76?,77?,78-,79-,80-,81-,82-,84-;;;;/m0..../s1. The van der Waals surface area contributed by atoms with E-state index in [2.05, 4.69) is 51.0 Å². The van der Waals surface area contributed by atoms with E-state index in [-0.39, 0.29) is 289 Å². The van der Waals surface area contributed by atoms with Crippen molar-refractivity contribution in [1.82, 2.24) is 9.44 Å². The van der Waals surface area contributed by atoms with E-state index in [1.807, 2.05) is 75.3 Å². The summed E-state index contributed by atoms with van der Waals surface area (Å²) < 4.78 is 197. The molecule has 4 radical (unpaired) electrons.